The molecule has 7 nitrogen and oxygen atoms in total. The number of aliphatic hydroxyl groups excluding tert-OH is 1. The van der Waals surface area contributed by atoms with Crippen LogP contribution in [0.3, 0.4) is 0 Å². The molecular formula is C11H19NO6S. The summed E-state index contributed by atoms with van der Waals surface area (Å²) in [5.74, 6) is -4.39. The Balaban J connectivity index is 4.37. The summed E-state index contributed by atoms with van der Waals surface area (Å²) in [7, 11) is 0. The highest BCUT2D eigenvalue weighted by Gasteiger charge is 2.29. The van der Waals surface area contributed by atoms with E-state index in [1.807, 2.05) is 6.92 Å². The lowest BCUT2D eigenvalue weighted by Gasteiger charge is -2.16. The molecule has 0 aliphatic heterocycles. The maximum atomic E-state index is 11.5. The average molecular weight is 293 g/mol. The molecule has 0 bridgehead atoms. The van der Waals surface area contributed by atoms with Crippen molar-refractivity contribution in [3.8, 4) is 0 Å². The predicted molar refractivity (Wildman–Crippen MR) is 70.0 cm³/mol. The van der Waals surface area contributed by atoms with Crippen LogP contribution in [0.15, 0.2) is 0 Å². The Bertz CT molecular complexity index is 322. The van der Waals surface area contributed by atoms with Crippen molar-refractivity contribution in [2.24, 2.45) is 5.92 Å². The van der Waals surface area contributed by atoms with Crippen LogP contribution in [0.2, 0.25) is 0 Å². The quantitative estimate of drug-likeness (QED) is 0.324. The fraction of sp³-hybridized carbons (Fsp3) is 0.727. The van der Waals surface area contributed by atoms with E-state index in [-0.39, 0.29) is 5.75 Å². The number of unbranched alkanes of at least 4 members (excludes halogenated alkanes) is 1. The number of carboxylic acid groups (broad SMARTS) is 2. The molecule has 0 saturated heterocycles. The lowest BCUT2D eigenvalue weighted by molar-refractivity contribution is -0.151. The number of carboxylic acids is 2. The second-order valence-corrected chi connectivity index (χ2v) is 5.05. The van der Waals surface area contributed by atoms with Crippen molar-refractivity contribution < 1.29 is 29.7 Å². The van der Waals surface area contributed by atoms with Gasteiger partial charge in [0.25, 0.3) is 0 Å². The van der Waals surface area contributed by atoms with Gasteiger partial charge in [-0.15, -0.1) is 0 Å². The second kappa shape index (κ2) is 9.62. The standard InChI is InChI=1S/C11H19NO6S/c1-2-3-4-19-6-8(11(17)18)12-9(14)7(5-13)10(15)16/h7-8,13H,2-6H2,1H3,(H,12,14)(H,15,16)(H,17,18). The van der Waals surface area contributed by atoms with Crippen LogP contribution in [0.25, 0.3) is 0 Å². The molecule has 4 N–H and O–H groups in total. The first-order valence-electron chi connectivity index (χ1n) is 5.88. The number of amides is 1. The molecule has 0 saturated carbocycles. The number of carbonyl (C=O) groups is 3. The Labute approximate surface area is 115 Å². The van der Waals surface area contributed by atoms with Crippen LogP contribution in [0.4, 0.5) is 0 Å². The van der Waals surface area contributed by atoms with Crippen LogP contribution in [-0.2, 0) is 14.4 Å². The summed E-state index contributed by atoms with van der Waals surface area (Å²) in [5.41, 5.74) is 0. The number of carbonyl (C=O) groups excluding carboxylic acids is 1. The highest BCUT2D eigenvalue weighted by Crippen LogP contribution is 2.07. The summed E-state index contributed by atoms with van der Waals surface area (Å²) in [4.78, 5) is 33.1. The fourth-order valence-electron chi connectivity index (χ4n) is 1.17. The van der Waals surface area contributed by atoms with Crippen LogP contribution in [0, 0.1) is 5.92 Å². The van der Waals surface area contributed by atoms with E-state index in [1.165, 1.54) is 11.8 Å². The minimum absolute atomic E-state index is 0.166. The molecule has 2 atom stereocenters. The predicted octanol–water partition coefficient (Wildman–Crippen LogP) is -0.218. The zero-order valence-electron chi connectivity index (χ0n) is 10.7. The number of hydrogen-bond acceptors (Lipinski definition) is 5. The van der Waals surface area contributed by atoms with Crippen LogP contribution in [0.5, 0.6) is 0 Å². The van der Waals surface area contributed by atoms with E-state index in [9.17, 15) is 14.4 Å². The first-order valence-corrected chi connectivity index (χ1v) is 7.04. The van der Waals surface area contributed by atoms with Crippen molar-refractivity contribution in [3.05, 3.63) is 0 Å². The minimum atomic E-state index is -1.64. The van der Waals surface area contributed by atoms with Gasteiger partial charge in [-0.3, -0.25) is 9.59 Å². The summed E-state index contributed by atoms with van der Waals surface area (Å²) in [6.45, 7) is 1.15. The van der Waals surface area contributed by atoms with Crippen molar-refractivity contribution in [3.63, 3.8) is 0 Å². The van der Waals surface area contributed by atoms with Gasteiger partial charge < -0.3 is 20.6 Å². The number of hydrogen-bond donors (Lipinski definition) is 4. The van der Waals surface area contributed by atoms with Gasteiger partial charge in [-0.1, -0.05) is 13.3 Å². The van der Waals surface area contributed by atoms with E-state index < -0.39 is 36.4 Å². The molecule has 19 heavy (non-hydrogen) atoms. The van der Waals surface area contributed by atoms with E-state index in [0.717, 1.165) is 18.6 Å². The molecule has 110 valence electrons. The highest BCUT2D eigenvalue weighted by molar-refractivity contribution is 7.99. The van der Waals surface area contributed by atoms with Gasteiger partial charge in [0.05, 0.1) is 6.61 Å². The summed E-state index contributed by atoms with van der Waals surface area (Å²) < 4.78 is 0. The monoisotopic (exact) mass is 293 g/mol. The molecule has 8 heteroatoms. The third-order valence-electron chi connectivity index (χ3n) is 2.34. The Morgan fingerprint density at radius 2 is 1.84 bits per heavy atom. The third-order valence-corrected chi connectivity index (χ3v) is 3.48. The van der Waals surface area contributed by atoms with Gasteiger partial charge in [0, 0.05) is 5.75 Å². The number of rotatable bonds is 10. The normalized spacial score (nSPS) is 13.6. The van der Waals surface area contributed by atoms with Gasteiger partial charge >= 0.3 is 11.9 Å². The van der Waals surface area contributed by atoms with Crippen molar-refractivity contribution in [1.82, 2.24) is 5.32 Å². The Morgan fingerprint density at radius 3 is 2.26 bits per heavy atom. The maximum Gasteiger partial charge on any atom is 0.327 e. The van der Waals surface area contributed by atoms with Crippen LogP contribution in [0.1, 0.15) is 19.8 Å². The van der Waals surface area contributed by atoms with Gasteiger partial charge in [-0.25, -0.2) is 4.79 Å². The second-order valence-electron chi connectivity index (χ2n) is 3.90. The zero-order chi connectivity index (χ0) is 14.8. The first-order chi connectivity index (χ1) is 8.93. The maximum absolute atomic E-state index is 11.5. The molecule has 0 heterocycles. The molecule has 0 aromatic rings. The zero-order valence-corrected chi connectivity index (χ0v) is 11.5. The molecule has 1 amide bonds. The van der Waals surface area contributed by atoms with Crippen molar-refractivity contribution in [2.45, 2.75) is 25.8 Å². The smallest absolute Gasteiger partial charge is 0.327 e. The van der Waals surface area contributed by atoms with Gasteiger partial charge in [0.15, 0.2) is 5.92 Å². The lowest BCUT2D eigenvalue weighted by atomic mass is 10.1. The summed E-state index contributed by atoms with van der Waals surface area (Å²) in [6.07, 6.45) is 1.93. The number of thioether (sulfide) groups is 1. The van der Waals surface area contributed by atoms with Gasteiger partial charge in [0.1, 0.15) is 6.04 Å². The Hall–Kier alpha value is -1.28. The molecule has 0 rings (SSSR count). The van der Waals surface area contributed by atoms with Crippen LogP contribution in [-0.4, -0.2) is 57.3 Å². The Kier molecular flexibility index (Phi) is 8.98. The van der Waals surface area contributed by atoms with Crippen molar-refractivity contribution in [2.75, 3.05) is 18.1 Å². The molecule has 0 spiro atoms. The molecule has 0 aromatic heterocycles. The van der Waals surface area contributed by atoms with Crippen LogP contribution < -0.4 is 5.32 Å². The number of aliphatic hydroxyl groups is 1. The molecule has 2 unspecified atom stereocenters. The van der Waals surface area contributed by atoms with E-state index in [0.29, 0.717) is 0 Å². The van der Waals surface area contributed by atoms with Gasteiger partial charge in [0.2, 0.25) is 5.91 Å². The average Bonchev–Trinajstić information content (AvgIpc) is 2.33. The number of aliphatic carboxylic acids is 2. The number of nitrogens with one attached hydrogen (secondary N) is 1. The van der Waals surface area contributed by atoms with Crippen molar-refractivity contribution >= 4 is 29.6 Å². The summed E-state index contributed by atoms with van der Waals surface area (Å²) in [6, 6.07) is -1.15. The largest absolute Gasteiger partial charge is 0.481 e. The summed E-state index contributed by atoms with van der Waals surface area (Å²) in [5, 5.41) is 28.5. The van der Waals surface area contributed by atoms with E-state index in [1.54, 1.807) is 0 Å². The SMILES string of the molecule is CCCCSCC(NC(=O)C(CO)C(=O)O)C(=O)O. The molecule has 0 radical (unpaired) electrons. The fourth-order valence-corrected chi connectivity index (χ4v) is 2.29. The summed E-state index contributed by atoms with van der Waals surface area (Å²) >= 11 is 1.38. The van der Waals surface area contributed by atoms with Gasteiger partial charge in [-0.05, 0) is 12.2 Å². The van der Waals surface area contributed by atoms with Gasteiger partial charge in [-0.2, -0.15) is 11.8 Å². The molecular weight excluding hydrogens is 274 g/mol. The first kappa shape index (κ1) is 17.7. The van der Waals surface area contributed by atoms with E-state index in [2.05, 4.69) is 5.32 Å². The van der Waals surface area contributed by atoms with Crippen molar-refractivity contribution in [1.29, 1.82) is 0 Å². The van der Waals surface area contributed by atoms with Crippen LogP contribution >= 0.6 is 11.8 Å². The minimum Gasteiger partial charge on any atom is -0.481 e. The third kappa shape index (κ3) is 7.02. The molecule has 0 aliphatic rings. The molecule has 0 fully saturated rings. The molecule has 0 aliphatic carbocycles. The Morgan fingerprint density at radius 1 is 1.21 bits per heavy atom. The van der Waals surface area contributed by atoms with E-state index in [4.69, 9.17) is 15.3 Å². The highest BCUT2D eigenvalue weighted by atomic mass is 32.2. The van der Waals surface area contributed by atoms with E-state index >= 15 is 0 Å². The molecule has 0 aromatic carbocycles. The topological polar surface area (TPSA) is 124 Å². The lowest BCUT2D eigenvalue weighted by Crippen LogP contribution is -2.47.